The van der Waals surface area contributed by atoms with Crippen LogP contribution in [0.3, 0.4) is 0 Å². The van der Waals surface area contributed by atoms with Crippen molar-refractivity contribution in [3.63, 3.8) is 0 Å². The van der Waals surface area contributed by atoms with Gasteiger partial charge in [0.2, 0.25) is 0 Å². The van der Waals surface area contributed by atoms with E-state index in [0.717, 1.165) is 101 Å². The summed E-state index contributed by atoms with van der Waals surface area (Å²) in [5, 5.41) is 4.99. The summed E-state index contributed by atoms with van der Waals surface area (Å²) in [5.41, 5.74) is 24.0. The number of nitrogens with zero attached hydrogens (tertiary/aromatic N) is 4. The molecule has 0 radical (unpaired) electrons. The van der Waals surface area contributed by atoms with Gasteiger partial charge in [0.05, 0.1) is 44.5 Å². The van der Waals surface area contributed by atoms with Gasteiger partial charge in [-0.1, -0.05) is 59.7 Å². The third-order valence-electron chi connectivity index (χ3n) is 11.3. The van der Waals surface area contributed by atoms with Crippen LogP contribution in [0.25, 0.3) is 90.9 Å². The molecule has 8 heteroatoms. The summed E-state index contributed by atoms with van der Waals surface area (Å²) < 4.78 is 0. The largest absolute Gasteiger partial charge is 0.354 e. The minimum absolute atomic E-state index is 0.740. The van der Waals surface area contributed by atoms with E-state index in [9.17, 15) is 0 Å². The molecule has 0 atom stereocenters. The molecule has 290 valence electrons. The standard InChI is InChI=1S/C52H40N6S2/c1-29-23-31(3)47(32(4)24-29)51-43-19-15-39(55-43)49(35-7-11-37(12-8-35)53-27-59)41-17-21-45(57-41)52(48-33(5)25-30(2)26-34(48)6)46-22-18-42(58-46)50(40-16-20-44(51)56-40)36-9-13-38(14-10-36)54-28-60/h7-26,55,58H,1-6H3. The van der Waals surface area contributed by atoms with Crippen LogP contribution in [0, 0.1) is 41.5 Å². The van der Waals surface area contributed by atoms with E-state index in [4.69, 9.17) is 34.4 Å². The second-order valence-electron chi connectivity index (χ2n) is 15.5. The summed E-state index contributed by atoms with van der Waals surface area (Å²) in [4.78, 5) is 27.2. The number of isothiocyanates is 2. The lowest BCUT2D eigenvalue weighted by atomic mass is 9.92. The number of aromatic nitrogens is 4. The topological polar surface area (TPSA) is 82.1 Å². The number of H-pyrrole nitrogens is 2. The highest BCUT2D eigenvalue weighted by molar-refractivity contribution is 7.78. The molecule has 8 bridgehead atoms. The summed E-state index contributed by atoms with van der Waals surface area (Å²) in [7, 11) is 0. The number of fused-ring (bicyclic) bond motifs is 8. The number of thiocarbonyl (C=S) groups is 2. The van der Waals surface area contributed by atoms with Crippen LogP contribution in [0.2, 0.25) is 0 Å². The highest BCUT2D eigenvalue weighted by Gasteiger charge is 2.21. The van der Waals surface area contributed by atoms with Gasteiger partial charge in [-0.05, 0) is 183 Å². The van der Waals surface area contributed by atoms with Gasteiger partial charge in [0, 0.05) is 44.3 Å². The lowest BCUT2D eigenvalue weighted by Crippen LogP contribution is -1.94. The van der Waals surface area contributed by atoms with Crippen molar-refractivity contribution >= 4 is 92.5 Å². The van der Waals surface area contributed by atoms with Crippen molar-refractivity contribution in [1.29, 1.82) is 0 Å². The van der Waals surface area contributed by atoms with Crippen LogP contribution in [0.4, 0.5) is 11.4 Å². The molecule has 0 aliphatic carbocycles. The average Bonchev–Trinajstić information content (AvgIpc) is 4.06. The zero-order valence-electron chi connectivity index (χ0n) is 34.2. The molecule has 3 aromatic heterocycles. The van der Waals surface area contributed by atoms with Crippen LogP contribution < -0.4 is 0 Å². The van der Waals surface area contributed by atoms with E-state index < -0.39 is 0 Å². The zero-order valence-corrected chi connectivity index (χ0v) is 35.8. The molecule has 0 spiro atoms. The number of aromatic amines is 2. The van der Waals surface area contributed by atoms with E-state index in [1.54, 1.807) is 0 Å². The van der Waals surface area contributed by atoms with Crippen molar-refractivity contribution in [2.75, 3.05) is 0 Å². The maximum absolute atomic E-state index is 5.50. The number of rotatable bonds is 6. The highest BCUT2D eigenvalue weighted by atomic mass is 32.1. The summed E-state index contributed by atoms with van der Waals surface area (Å²) >= 11 is 9.84. The molecule has 9 rings (SSSR count). The second-order valence-corrected chi connectivity index (χ2v) is 15.9. The molecule has 4 aromatic carbocycles. The summed E-state index contributed by atoms with van der Waals surface area (Å²) in [6.45, 7) is 13.0. The molecule has 0 fully saturated rings. The molecule has 60 heavy (non-hydrogen) atoms. The van der Waals surface area contributed by atoms with Crippen LogP contribution in [0.5, 0.6) is 0 Å². The second kappa shape index (κ2) is 15.7. The van der Waals surface area contributed by atoms with Crippen LogP contribution in [-0.2, 0) is 0 Å². The molecule has 0 saturated heterocycles. The highest BCUT2D eigenvalue weighted by Crippen LogP contribution is 2.41. The molecular weight excluding hydrogens is 773 g/mol. The average molecular weight is 813 g/mol. The molecular formula is C52H40N6S2. The Bertz CT molecular complexity index is 2990. The van der Waals surface area contributed by atoms with Crippen molar-refractivity contribution in [3.8, 4) is 44.5 Å². The van der Waals surface area contributed by atoms with Gasteiger partial charge in [-0.15, -0.1) is 0 Å². The molecule has 6 nitrogen and oxygen atoms in total. The van der Waals surface area contributed by atoms with E-state index in [2.05, 4.69) is 169 Å². The Balaban J connectivity index is 1.49. The Kier molecular flexibility index (Phi) is 10.1. The van der Waals surface area contributed by atoms with Crippen LogP contribution in [0.1, 0.15) is 56.2 Å². The molecule has 5 heterocycles. The van der Waals surface area contributed by atoms with Crippen molar-refractivity contribution in [2.45, 2.75) is 41.5 Å². The lowest BCUT2D eigenvalue weighted by molar-refractivity contribution is 1.28. The SMILES string of the molecule is Cc1cc(C)c(-c2c3nc(c(-c4ccc(N=C=S)cc4)c4ccc([nH]4)c(-c4c(C)cc(C)cc4C)c4nc(c(-c5ccc(N=C=S)cc5)c5ccc2[nH]5)C=C4)C=C3)c(C)c1. The van der Waals surface area contributed by atoms with E-state index >= 15 is 0 Å². The Labute approximate surface area is 359 Å². The number of benzene rings is 4. The van der Waals surface area contributed by atoms with Gasteiger partial charge in [0.25, 0.3) is 0 Å². The molecule has 0 amide bonds. The van der Waals surface area contributed by atoms with Crippen LogP contribution in [-0.4, -0.2) is 30.3 Å². The first-order valence-corrected chi connectivity index (χ1v) is 20.6. The van der Waals surface area contributed by atoms with Gasteiger partial charge in [-0.25, -0.2) is 9.97 Å². The van der Waals surface area contributed by atoms with Gasteiger partial charge >= 0.3 is 0 Å². The Morgan fingerprint density at radius 1 is 0.400 bits per heavy atom. The van der Waals surface area contributed by atoms with Crippen molar-refractivity contribution in [3.05, 3.63) is 153 Å². The van der Waals surface area contributed by atoms with E-state index in [-0.39, 0.29) is 0 Å². The fraction of sp³-hybridized carbons (Fsp3) is 0.115. The molecule has 0 saturated carbocycles. The van der Waals surface area contributed by atoms with Crippen molar-refractivity contribution in [2.24, 2.45) is 9.98 Å². The van der Waals surface area contributed by atoms with Gasteiger partial charge in [0.15, 0.2) is 0 Å². The molecule has 0 unspecified atom stereocenters. The maximum Gasteiger partial charge on any atom is 0.0739 e. The Morgan fingerprint density at radius 2 is 0.700 bits per heavy atom. The first-order valence-electron chi connectivity index (χ1n) is 19.8. The third kappa shape index (κ3) is 7.02. The molecule has 2 aliphatic heterocycles. The first-order chi connectivity index (χ1) is 29.1. The predicted molar refractivity (Wildman–Crippen MR) is 258 cm³/mol. The molecule has 2 N–H and O–H groups in total. The van der Waals surface area contributed by atoms with E-state index in [0.29, 0.717) is 0 Å². The third-order valence-corrected chi connectivity index (χ3v) is 11.5. The monoisotopic (exact) mass is 812 g/mol. The number of aryl methyl sites for hydroxylation is 6. The van der Waals surface area contributed by atoms with E-state index in [1.807, 2.05) is 24.3 Å². The fourth-order valence-electron chi connectivity index (χ4n) is 9.00. The Morgan fingerprint density at radius 3 is 1.02 bits per heavy atom. The normalized spacial score (nSPS) is 11.7. The fourth-order valence-corrected chi connectivity index (χ4v) is 9.21. The number of nitrogens with one attached hydrogen (secondary N) is 2. The van der Waals surface area contributed by atoms with Crippen LogP contribution >= 0.6 is 24.4 Å². The maximum atomic E-state index is 5.50. The van der Waals surface area contributed by atoms with Gasteiger partial charge in [0.1, 0.15) is 0 Å². The van der Waals surface area contributed by atoms with Gasteiger partial charge in [-0.3, -0.25) is 0 Å². The minimum Gasteiger partial charge on any atom is -0.354 e. The van der Waals surface area contributed by atoms with Crippen molar-refractivity contribution in [1.82, 2.24) is 19.9 Å². The quantitative estimate of drug-likeness (QED) is 0.129. The molecule has 2 aliphatic rings. The Hall–Kier alpha value is -6.92. The minimum atomic E-state index is 0.740. The smallest absolute Gasteiger partial charge is 0.0739 e. The van der Waals surface area contributed by atoms with Gasteiger partial charge < -0.3 is 9.97 Å². The van der Waals surface area contributed by atoms with Gasteiger partial charge in [-0.2, -0.15) is 9.98 Å². The predicted octanol–water partition coefficient (Wildman–Crippen LogP) is 14.6. The zero-order chi connectivity index (χ0) is 41.7. The van der Waals surface area contributed by atoms with Crippen LogP contribution in [0.15, 0.2) is 107 Å². The number of hydrogen-bond acceptors (Lipinski definition) is 6. The van der Waals surface area contributed by atoms with Crippen molar-refractivity contribution < 1.29 is 0 Å². The lowest BCUT2D eigenvalue weighted by Gasteiger charge is -2.13. The number of hydrogen-bond donors (Lipinski definition) is 2. The molecule has 7 aromatic rings. The number of aliphatic imine (C=N–C) groups is 2. The summed E-state index contributed by atoms with van der Waals surface area (Å²) in [6.07, 6.45) is 8.52. The van der Waals surface area contributed by atoms with E-state index in [1.165, 1.54) is 33.4 Å². The first kappa shape index (κ1) is 38.6. The summed E-state index contributed by atoms with van der Waals surface area (Å²) in [5.74, 6) is 0. The summed E-state index contributed by atoms with van der Waals surface area (Å²) in [6, 6.07) is 33.7.